The Morgan fingerprint density at radius 1 is 1.31 bits per heavy atom. The molecular formula is C20H24N6O3. The van der Waals surface area contributed by atoms with Crippen molar-refractivity contribution in [1.29, 1.82) is 0 Å². The van der Waals surface area contributed by atoms with Crippen molar-refractivity contribution >= 4 is 29.3 Å². The van der Waals surface area contributed by atoms with Crippen LogP contribution in [0.25, 0.3) is 0 Å². The lowest BCUT2D eigenvalue weighted by molar-refractivity contribution is -0.123. The van der Waals surface area contributed by atoms with Crippen LogP contribution in [0.1, 0.15) is 20.3 Å². The number of hydrogen-bond acceptors (Lipinski definition) is 6. The first kappa shape index (κ1) is 19.3. The van der Waals surface area contributed by atoms with Crippen molar-refractivity contribution in [2.75, 3.05) is 18.5 Å². The molecule has 0 radical (unpaired) electrons. The number of aromatic nitrogens is 1. The van der Waals surface area contributed by atoms with Crippen molar-refractivity contribution in [2.45, 2.75) is 37.9 Å². The van der Waals surface area contributed by atoms with Crippen LogP contribution in [0, 0.1) is 5.92 Å². The largest absolute Gasteiger partial charge is 0.394 e. The van der Waals surface area contributed by atoms with Gasteiger partial charge in [-0.05, 0) is 44.6 Å². The molecule has 9 nitrogen and oxygen atoms in total. The van der Waals surface area contributed by atoms with Crippen molar-refractivity contribution in [2.24, 2.45) is 15.9 Å². The van der Waals surface area contributed by atoms with Gasteiger partial charge in [0.25, 0.3) is 0 Å². The normalized spacial score (nSPS) is 25.1. The summed E-state index contributed by atoms with van der Waals surface area (Å²) in [5, 5.41) is 15.0. The summed E-state index contributed by atoms with van der Waals surface area (Å²) in [4.78, 5) is 40.5. The number of pyridine rings is 1. The van der Waals surface area contributed by atoms with Gasteiger partial charge in [0.05, 0.1) is 18.2 Å². The van der Waals surface area contributed by atoms with E-state index in [1.165, 1.54) is 0 Å². The molecule has 4 rings (SSSR count). The fourth-order valence-electron chi connectivity index (χ4n) is 3.28. The molecule has 29 heavy (non-hydrogen) atoms. The Morgan fingerprint density at radius 3 is 2.86 bits per heavy atom. The number of nitrogens with one attached hydrogen (secondary N) is 2. The van der Waals surface area contributed by atoms with Gasteiger partial charge >= 0.3 is 6.03 Å². The molecule has 3 amide bonds. The molecule has 3 aliphatic rings. The molecule has 0 spiro atoms. The number of nitrogens with zero attached hydrogens (tertiary/aromatic N) is 4. The first-order chi connectivity index (χ1) is 13.9. The van der Waals surface area contributed by atoms with Gasteiger partial charge in [-0.2, -0.15) is 0 Å². The highest BCUT2D eigenvalue weighted by molar-refractivity contribution is 6.48. The molecule has 3 heterocycles. The molecule has 1 saturated carbocycles. The molecule has 3 N–H and O–H groups in total. The fourth-order valence-corrected chi connectivity index (χ4v) is 3.28. The molecule has 9 heteroatoms. The van der Waals surface area contributed by atoms with Crippen molar-refractivity contribution in [3.05, 3.63) is 36.5 Å². The smallest absolute Gasteiger partial charge is 0.328 e. The Kier molecular flexibility index (Phi) is 4.91. The standard InChI is InChI=1S/C20H24N6O3/c1-20(2,11-27)25-18(28)14-7-6-13-17(23-14)26(10-12-9-15(12)22-13)19(29)24-16-5-3-4-8-21-16/h3-8,12,14-15,27H,9-11H2,1-2H3,(H,25,28)(H,21,24,29). The maximum Gasteiger partial charge on any atom is 0.328 e. The predicted octanol–water partition coefficient (Wildman–Crippen LogP) is 0.983. The number of hydrogen-bond donors (Lipinski definition) is 3. The number of rotatable bonds is 4. The van der Waals surface area contributed by atoms with Crippen LogP contribution in [-0.4, -0.2) is 69.3 Å². The van der Waals surface area contributed by atoms with Crippen LogP contribution in [0.4, 0.5) is 10.6 Å². The van der Waals surface area contributed by atoms with Crippen LogP contribution in [0.3, 0.4) is 0 Å². The summed E-state index contributed by atoms with van der Waals surface area (Å²) in [5.74, 6) is 0.777. The summed E-state index contributed by atoms with van der Waals surface area (Å²) in [5.41, 5.74) is -0.155. The second kappa shape index (κ2) is 7.40. The van der Waals surface area contributed by atoms with Crippen molar-refractivity contribution in [3.8, 4) is 0 Å². The van der Waals surface area contributed by atoms with Gasteiger partial charge in [0, 0.05) is 18.7 Å². The van der Waals surface area contributed by atoms with Crippen LogP contribution in [0.2, 0.25) is 0 Å². The van der Waals surface area contributed by atoms with E-state index in [9.17, 15) is 14.7 Å². The van der Waals surface area contributed by atoms with Crippen LogP contribution < -0.4 is 10.6 Å². The van der Waals surface area contributed by atoms with Crippen LogP contribution >= 0.6 is 0 Å². The molecule has 1 aromatic heterocycles. The van der Waals surface area contributed by atoms with E-state index in [-0.39, 0.29) is 24.6 Å². The Labute approximate surface area is 168 Å². The Bertz CT molecular complexity index is 908. The first-order valence-electron chi connectivity index (χ1n) is 9.63. The predicted molar refractivity (Wildman–Crippen MR) is 109 cm³/mol. The SMILES string of the molecule is CC(C)(CO)NC(=O)C1C=CC2=NC3CC3CN(C(=O)Nc3ccccn3)C2=N1. The zero-order valence-electron chi connectivity index (χ0n) is 16.4. The molecule has 0 aromatic carbocycles. The second-order valence-electron chi connectivity index (χ2n) is 8.12. The zero-order valence-corrected chi connectivity index (χ0v) is 16.4. The zero-order chi connectivity index (χ0) is 20.6. The van der Waals surface area contributed by atoms with Gasteiger partial charge in [-0.25, -0.2) is 14.8 Å². The number of amides is 3. The Hall–Kier alpha value is -3.07. The van der Waals surface area contributed by atoms with Crippen LogP contribution in [-0.2, 0) is 4.79 Å². The average Bonchev–Trinajstić information content (AvgIpc) is 3.45. The van der Waals surface area contributed by atoms with Gasteiger partial charge in [-0.3, -0.25) is 20.0 Å². The molecule has 1 aliphatic carbocycles. The topological polar surface area (TPSA) is 119 Å². The van der Waals surface area contributed by atoms with E-state index in [2.05, 4.69) is 25.6 Å². The third kappa shape index (κ3) is 4.19. The first-order valence-corrected chi connectivity index (χ1v) is 9.63. The molecule has 1 aromatic rings. The molecule has 152 valence electrons. The molecule has 1 fully saturated rings. The third-order valence-electron chi connectivity index (χ3n) is 5.06. The lowest BCUT2D eigenvalue weighted by Gasteiger charge is -2.28. The number of anilines is 1. The highest BCUT2D eigenvalue weighted by Gasteiger charge is 2.44. The number of carbonyl (C=O) groups excluding carboxylic acids is 2. The summed E-state index contributed by atoms with van der Waals surface area (Å²) in [6.45, 7) is 3.74. The van der Waals surface area contributed by atoms with E-state index in [1.54, 1.807) is 55.3 Å². The number of aliphatic hydroxyl groups excluding tert-OH is 1. The van der Waals surface area contributed by atoms with Crippen molar-refractivity contribution < 1.29 is 14.7 Å². The number of fused-ring (bicyclic) bond motifs is 2. The van der Waals surface area contributed by atoms with Gasteiger partial charge < -0.3 is 10.4 Å². The summed E-state index contributed by atoms with van der Waals surface area (Å²) in [6, 6.07) is 4.31. The quantitative estimate of drug-likeness (QED) is 0.703. The maximum atomic E-state index is 13.0. The van der Waals surface area contributed by atoms with Gasteiger partial charge in [0.2, 0.25) is 5.91 Å². The number of dihydropyridines is 1. The highest BCUT2D eigenvalue weighted by Crippen LogP contribution is 2.37. The number of amidine groups is 1. The fraction of sp³-hybridized carbons (Fsp3) is 0.450. The number of aliphatic hydroxyl groups is 1. The summed E-state index contributed by atoms with van der Waals surface area (Å²) in [7, 11) is 0. The molecular weight excluding hydrogens is 372 g/mol. The molecule has 3 atom stereocenters. The van der Waals surface area contributed by atoms with Gasteiger partial charge in [0.1, 0.15) is 17.6 Å². The van der Waals surface area contributed by atoms with E-state index >= 15 is 0 Å². The van der Waals surface area contributed by atoms with Gasteiger partial charge in [-0.1, -0.05) is 6.07 Å². The number of urea groups is 1. The Morgan fingerprint density at radius 2 is 2.14 bits per heavy atom. The number of carbonyl (C=O) groups is 2. The summed E-state index contributed by atoms with van der Waals surface area (Å²) < 4.78 is 0. The monoisotopic (exact) mass is 396 g/mol. The van der Waals surface area contributed by atoms with E-state index < -0.39 is 11.6 Å². The minimum atomic E-state index is -0.797. The minimum Gasteiger partial charge on any atom is -0.394 e. The van der Waals surface area contributed by atoms with Crippen molar-refractivity contribution in [3.63, 3.8) is 0 Å². The molecule has 2 aliphatic heterocycles. The lowest BCUT2D eigenvalue weighted by atomic mass is 10.1. The van der Waals surface area contributed by atoms with E-state index in [1.807, 2.05) is 0 Å². The van der Waals surface area contributed by atoms with Crippen molar-refractivity contribution in [1.82, 2.24) is 15.2 Å². The minimum absolute atomic E-state index is 0.186. The van der Waals surface area contributed by atoms with E-state index in [0.29, 0.717) is 29.8 Å². The third-order valence-corrected chi connectivity index (χ3v) is 5.06. The lowest BCUT2D eigenvalue weighted by Crippen LogP contribution is -2.51. The van der Waals surface area contributed by atoms with E-state index in [4.69, 9.17) is 0 Å². The van der Waals surface area contributed by atoms with Crippen LogP contribution in [0.5, 0.6) is 0 Å². The molecule has 0 bridgehead atoms. The average molecular weight is 396 g/mol. The molecule has 0 saturated heterocycles. The number of aliphatic imine (C=N–C) groups is 2. The maximum absolute atomic E-state index is 13.0. The van der Waals surface area contributed by atoms with Gasteiger partial charge in [-0.15, -0.1) is 0 Å². The van der Waals surface area contributed by atoms with Gasteiger partial charge in [0.15, 0.2) is 5.84 Å². The second-order valence-corrected chi connectivity index (χ2v) is 8.12. The summed E-state index contributed by atoms with van der Waals surface area (Å²) >= 11 is 0. The Balaban J connectivity index is 1.58. The van der Waals surface area contributed by atoms with E-state index in [0.717, 1.165) is 6.42 Å². The molecule has 3 unspecified atom stereocenters. The summed E-state index contributed by atoms with van der Waals surface area (Å²) in [6.07, 6.45) is 5.96. The highest BCUT2D eigenvalue weighted by atomic mass is 16.3. The van der Waals surface area contributed by atoms with Crippen LogP contribution in [0.15, 0.2) is 46.5 Å².